The van der Waals surface area contributed by atoms with Crippen LogP contribution in [0.4, 0.5) is 0 Å². The van der Waals surface area contributed by atoms with E-state index >= 15 is 0 Å². The van der Waals surface area contributed by atoms with Crippen LogP contribution in [-0.2, 0) is 4.74 Å². The summed E-state index contributed by atoms with van der Waals surface area (Å²) in [6, 6.07) is 0.626. The summed E-state index contributed by atoms with van der Waals surface area (Å²) in [7, 11) is 2.03. The Morgan fingerprint density at radius 1 is 1.42 bits per heavy atom. The van der Waals surface area contributed by atoms with Crippen LogP contribution in [-0.4, -0.2) is 25.3 Å². The van der Waals surface area contributed by atoms with Gasteiger partial charge < -0.3 is 10.1 Å². The van der Waals surface area contributed by atoms with Crippen molar-refractivity contribution in [2.45, 2.75) is 52.4 Å². The van der Waals surface area contributed by atoms with Crippen molar-refractivity contribution in [2.24, 2.45) is 5.41 Å². The van der Waals surface area contributed by atoms with Crippen molar-refractivity contribution in [3.63, 3.8) is 0 Å². The molecule has 1 rings (SSSR count). The Morgan fingerprint density at radius 3 is 2.33 bits per heavy atom. The van der Waals surface area contributed by atoms with E-state index in [1.807, 2.05) is 7.05 Å². The first kappa shape index (κ1) is 10.0. The second kappa shape index (κ2) is 3.35. The molecular formula is C10H21NO. The van der Waals surface area contributed by atoms with Gasteiger partial charge in [0.15, 0.2) is 0 Å². The maximum Gasteiger partial charge on any atom is 0.0659 e. The maximum atomic E-state index is 5.79. The molecule has 72 valence electrons. The highest BCUT2D eigenvalue weighted by Gasteiger charge is 2.48. The topological polar surface area (TPSA) is 21.3 Å². The first-order valence-electron chi connectivity index (χ1n) is 4.81. The molecule has 1 aliphatic carbocycles. The van der Waals surface area contributed by atoms with Crippen molar-refractivity contribution >= 4 is 0 Å². The summed E-state index contributed by atoms with van der Waals surface area (Å²) in [6.45, 7) is 8.74. The van der Waals surface area contributed by atoms with Gasteiger partial charge in [-0.1, -0.05) is 13.8 Å². The van der Waals surface area contributed by atoms with Gasteiger partial charge in [0.2, 0.25) is 0 Å². The molecule has 0 saturated heterocycles. The summed E-state index contributed by atoms with van der Waals surface area (Å²) in [5.74, 6) is 0. The quantitative estimate of drug-likeness (QED) is 0.699. The van der Waals surface area contributed by atoms with Crippen LogP contribution in [0.15, 0.2) is 0 Å². The standard InChI is InChI=1S/C10H21NO/c1-7(2)12-9-6-8(11-5)10(9,3)4/h7-9,11H,6H2,1-5H3/t8-,9-/m1/s1. The zero-order valence-corrected chi connectivity index (χ0v) is 8.85. The first-order chi connectivity index (χ1) is 5.48. The summed E-state index contributed by atoms with van der Waals surface area (Å²) >= 11 is 0. The molecule has 0 radical (unpaired) electrons. The number of hydrogen-bond acceptors (Lipinski definition) is 2. The molecule has 0 amide bonds. The Morgan fingerprint density at radius 2 is 2.00 bits per heavy atom. The summed E-state index contributed by atoms with van der Waals surface area (Å²) in [4.78, 5) is 0. The van der Waals surface area contributed by atoms with Crippen molar-refractivity contribution in [1.82, 2.24) is 5.32 Å². The molecule has 0 aromatic heterocycles. The minimum absolute atomic E-state index is 0.305. The maximum absolute atomic E-state index is 5.79. The average molecular weight is 171 g/mol. The fourth-order valence-electron chi connectivity index (χ4n) is 1.93. The lowest BCUT2D eigenvalue weighted by Crippen LogP contribution is -2.60. The summed E-state index contributed by atoms with van der Waals surface area (Å²) in [5.41, 5.74) is 0.305. The van der Waals surface area contributed by atoms with E-state index in [-0.39, 0.29) is 0 Å². The van der Waals surface area contributed by atoms with E-state index in [2.05, 4.69) is 33.0 Å². The smallest absolute Gasteiger partial charge is 0.0659 e. The van der Waals surface area contributed by atoms with Gasteiger partial charge >= 0.3 is 0 Å². The van der Waals surface area contributed by atoms with E-state index < -0.39 is 0 Å². The van der Waals surface area contributed by atoms with Gasteiger partial charge in [-0.05, 0) is 27.3 Å². The van der Waals surface area contributed by atoms with Gasteiger partial charge in [-0.15, -0.1) is 0 Å². The van der Waals surface area contributed by atoms with E-state index in [0.717, 1.165) is 6.42 Å². The van der Waals surface area contributed by atoms with Gasteiger partial charge in [0.1, 0.15) is 0 Å². The molecule has 1 N–H and O–H groups in total. The van der Waals surface area contributed by atoms with Gasteiger partial charge in [-0.2, -0.15) is 0 Å². The van der Waals surface area contributed by atoms with E-state index in [1.54, 1.807) is 0 Å². The molecular weight excluding hydrogens is 150 g/mol. The number of ether oxygens (including phenoxy) is 1. The predicted octanol–water partition coefficient (Wildman–Crippen LogP) is 1.80. The predicted molar refractivity (Wildman–Crippen MR) is 51.3 cm³/mol. The summed E-state index contributed by atoms with van der Waals surface area (Å²) in [5, 5.41) is 3.31. The van der Waals surface area contributed by atoms with Crippen LogP contribution in [0.2, 0.25) is 0 Å². The molecule has 0 aromatic rings. The largest absolute Gasteiger partial charge is 0.375 e. The fraction of sp³-hybridized carbons (Fsp3) is 1.00. The molecule has 0 unspecified atom stereocenters. The Kier molecular flexibility index (Phi) is 2.79. The van der Waals surface area contributed by atoms with E-state index in [1.165, 1.54) is 0 Å². The van der Waals surface area contributed by atoms with Crippen LogP contribution >= 0.6 is 0 Å². The number of nitrogens with one attached hydrogen (secondary N) is 1. The van der Waals surface area contributed by atoms with Gasteiger partial charge in [-0.25, -0.2) is 0 Å². The van der Waals surface area contributed by atoms with Crippen molar-refractivity contribution in [1.29, 1.82) is 0 Å². The molecule has 0 aliphatic heterocycles. The van der Waals surface area contributed by atoms with E-state index in [0.29, 0.717) is 23.7 Å². The fourth-order valence-corrected chi connectivity index (χ4v) is 1.93. The highest BCUT2D eigenvalue weighted by atomic mass is 16.5. The number of rotatable bonds is 3. The zero-order valence-electron chi connectivity index (χ0n) is 8.85. The molecule has 1 fully saturated rings. The molecule has 0 aromatic carbocycles. The molecule has 0 bridgehead atoms. The highest BCUT2D eigenvalue weighted by molar-refractivity contribution is 5.02. The Hall–Kier alpha value is -0.0800. The molecule has 1 aliphatic rings. The van der Waals surface area contributed by atoms with Crippen LogP contribution in [0.25, 0.3) is 0 Å². The molecule has 1 saturated carbocycles. The lowest BCUT2D eigenvalue weighted by atomic mass is 9.64. The third-order valence-corrected chi connectivity index (χ3v) is 2.96. The third kappa shape index (κ3) is 1.64. The van der Waals surface area contributed by atoms with Gasteiger partial charge in [-0.3, -0.25) is 0 Å². The number of hydrogen-bond donors (Lipinski definition) is 1. The van der Waals surface area contributed by atoms with Crippen LogP contribution in [0.5, 0.6) is 0 Å². The van der Waals surface area contributed by atoms with Crippen molar-refractivity contribution in [3.05, 3.63) is 0 Å². The second-order valence-corrected chi connectivity index (χ2v) is 4.57. The average Bonchev–Trinajstić information content (AvgIpc) is 1.96. The molecule has 12 heavy (non-hydrogen) atoms. The second-order valence-electron chi connectivity index (χ2n) is 4.57. The Labute approximate surface area is 75.7 Å². The normalized spacial score (nSPS) is 33.5. The molecule has 2 heteroatoms. The third-order valence-electron chi connectivity index (χ3n) is 2.96. The Bertz CT molecular complexity index is 154. The van der Waals surface area contributed by atoms with Crippen molar-refractivity contribution < 1.29 is 4.74 Å². The molecule has 0 heterocycles. The molecule has 0 spiro atoms. The lowest BCUT2D eigenvalue weighted by Gasteiger charge is -2.52. The van der Waals surface area contributed by atoms with Crippen LogP contribution in [0.3, 0.4) is 0 Å². The minimum atomic E-state index is 0.305. The highest BCUT2D eigenvalue weighted by Crippen LogP contribution is 2.42. The lowest BCUT2D eigenvalue weighted by molar-refractivity contribution is -0.137. The van der Waals surface area contributed by atoms with E-state index in [9.17, 15) is 0 Å². The van der Waals surface area contributed by atoms with Crippen LogP contribution < -0.4 is 5.32 Å². The van der Waals surface area contributed by atoms with Gasteiger partial charge in [0.25, 0.3) is 0 Å². The minimum Gasteiger partial charge on any atom is -0.375 e. The van der Waals surface area contributed by atoms with Crippen molar-refractivity contribution in [2.75, 3.05) is 7.05 Å². The van der Waals surface area contributed by atoms with Crippen LogP contribution in [0.1, 0.15) is 34.1 Å². The summed E-state index contributed by atoms with van der Waals surface area (Å²) in [6.07, 6.45) is 1.95. The molecule has 2 nitrogen and oxygen atoms in total. The Balaban J connectivity index is 2.42. The zero-order chi connectivity index (χ0) is 9.35. The summed E-state index contributed by atoms with van der Waals surface area (Å²) < 4.78 is 5.79. The molecule has 2 atom stereocenters. The van der Waals surface area contributed by atoms with Crippen LogP contribution in [0, 0.1) is 5.41 Å². The van der Waals surface area contributed by atoms with Gasteiger partial charge in [0.05, 0.1) is 12.2 Å². The SMILES string of the molecule is CN[C@@H]1C[C@@H](OC(C)C)C1(C)C. The van der Waals surface area contributed by atoms with Gasteiger partial charge in [0, 0.05) is 11.5 Å². The van der Waals surface area contributed by atoms with E-state index in [4.69, 9.17) is 4.74 Å². The monoisotopic (exact) mass is 171 g/mol. The van der Waals surface area contributed by atoms with Crippen molar-refractivity contribution in [3.8, 4) is 0 Å². The first-order valence-corrected chi connectivity index (χ1v) is 4.81.